The lowest BCUT2D eigenvalue weighted by molar-refractivity contribution is -0.129. The maximum Gasteiger partial charge on any atom is 0.242 e. The summed E-state index contributed by atoms with van der Waals surface area (Å²) in [6.07, 6.45) is 0. The van der Waals surface area contributed by atoms with E-state index in [4.69, 9.17) is 21.1 Å². The van der Waals surface area contributed by atoms with Gasteiger partial charge < -0.3 is 14.8 Å². The molecular formula is C19H19ClN2O3. The number of piperazine rings is 1. The highest BCUT2D eigenvalue weighted by Gasteiger charge is 2.31. The minimum absolute atomic E-state index is 0.0288. The molecule has 0 saturated carbocycles. The van der Waals surface area contributed by atoms with Crippen molar-refractivity contribution in [2.45, 2.75) is 12.6 Å². The first-order chi connectivity index (χ1) is 12.2. The van der Waals surface area contributed by atoms with Gasteiger partial charge >= 0.3 is 0 Å². The number of benzene rings is 2. The van der Waals surface area contributed by atoms with Crippen LogP contribution in [0.5, 0.6) is 11.5 Å². The summed E-state index contributed by atoms with van der Waals surface area (Å²) >= 11 is 6.34. The van der Waals surface area contributed by atoms with E-state index < -0.39 is 0 Å². The predicted octanol–water partition coefficient (Wildman–Crippen LogP) is 2.78. The van der Waals surface area contributed by atoms with E-state index in [9.17, 15) is 4.79 Å². The van der Waals surface area contributed by atoms with Crippen molar-refractivity contribution in [2.75, 3.05) is 26.3 Å². The maximum atomic E-state index is 12.5. The predicted molar refractivity (Wildman–Crippen MR) is 95.0 cm³/mol. The molecule has 1 amide bonds. The van der Waals surface area contributed by atoms with E-state index in [2.05, 4.69) is 10.2 Å². The SMILES string of the molecule is O=C1NCCN(Cc2cc(Cl)c3c(c2)OCCO3)C1c1ccccc1. The summed E-state index contributed by atoms with van der Waals surface area (Å²) in [6.45, 7) is 3.06. The molecule has 2 aliphatic rings. The number of hydrogen-bond acceptors (Lipinski definition) is 4. The zero-order valence-corrected chi connectivity index (χ0v) is 14.5. The van der Waals surface area contributed by atoms with Gasteiger partial charge in [0.1, 0.15) is 19.3 Å². The molecule has 0 spiro atoms. The fourth-order valence-electron chi connectivity index (χ4n) is 3.37. The molecule has 0 bridgehead atoms. The van der Waals surface area contributed by atoms with Gasteiger partial charge in [-0.05, 0) is 23.3 Å². The molecule has 1 saturated heterocycles. The summed E-state index contributed by atoms with van der Waals surface area (Å²) in [5.41, 5.74) is 1.99. The van der Waals surface area contributed by atoms with Crippen LogP contribution < -0.4 is 14.8 Å². The molecule has 1 unspecified atom stereocenters. The Hall–Kier alpha value is -2.24. The highest BCUT2D eigenvalue weighted by molar-refractivity contribution is 6.32. The van der Waals surface area contributed by atoms with Crippen LogP contribution in [-0.2, 0) is 11.3 Å². The van der Waals surface area contributed by atoms with E-state index in [1.807, 2.05) is 42.5 Å². The largest absolute Gasteiger partial charge is 0.486 e. The molecule has 6 heteroatoms. The molecule has 5 nitrogen and oxygen atoms in total. The van der Waals surface area contributed by atoms with Crippen molar-refractivity contribution < 1.29 is 14.3 Å². The molecular weight excluding hydrogens is 340 g/mol. The van der Waals surface area contributed by atoms with Gasteiger partial charge in [-0.2, -0.15) is 0 Å². The first-order valence-corrected chi connectivity index (χ1v) is 8.75. The zero-order chi connectivity index (χ0) is 17.2. The Morgan fingerprint density at radius 3 is 2.80 bits per heavy atom. The van der Waals surface area contributed by atoms with Crippen LogP contribution in [0.25, 0.3) is 0 Å². The number of nitrogens with zero attached hydrogens (tertiary/aromatic N) is 1. The van der Waals surface area contributed by atoms with E-state index in [1.165, 1.54) is 0 Å². The lowest BCUT2D eigenvalue weighted by atomic mass is 10.0. The van der Waals surface area contributed by atoms with Gasteiger partial charge in [0.15, 0.2) is 11.5 Å². The molecule has 25 heavy (non-hydrogen) atoms. The number of carbonyl (C=O) groups excluding carboxylic acids is 1. The lowest BCUT2D eigenvalue weighted by Gasteiger charge is -2.35. The minimum atomic E-state index is -0.304. The Morgan fingerprint density at radius 1 is 1.16 bits per heavy atom. The molecule has 1 atom stereocenters. The molecule has 2 aliphatic heterocycles. The number of ether oxygens (including phenoxy) is 2. The molecule has 1 N–H and O–H groups in total. The third kappa shape index (κ3) is 3.30. The van der Waals surface area contributed by atoms with Crippen LogP contribution >= 0.6 is 11.6 Å². The zero-order valence-electron chi connectivity index (χ0n) is 13.7. The Balaban J connectivity index is 1.62. The second-order valence-electron chi connectivity index (χ2n) is 6.18. The van der Waals surface area contributed by atoms with E-state index in [-0.39, 0.29) is 11.9 Å². The fourth-order valence-corrected chi connectivity index (χ4v) is 3.66. The van der Waals surface area contributed by atoms with Crippen LogP contribution in [0, 0.1) is 0 Å². The van der Waals surface area contributed by atoms with Crippen LogP contribution in [0.4, 0.5) is 0 Å². The van der Waals surface area contributed by atoms with Crippen molar-refractivity contribution in [3.8, 4) is 11.5 Å². The number of nitrogens with one attached hydrogen (secondary N) is 1. The minimum Gasteiger partial charge on any atom is -0.486 e. The van der Waals surface area contributed by atoms with E-state index >= 15 is 0 Å². The van der Waals surface area contributed by atoms with Crippen molar-refractivity contribution in [3.05, 3.63) is 58.6 Å². The number of hydrogen-bond donors (Lipinski definition) is 1. The highest BCUT2D eigenvalue weighted by atomic mass is 35.5. The number of rotatable bonds is 3. The standard InChI is InChI=1S/C19H19ClN2O3/c20-15-10-13(11-16-18(15)25-9-8-24-16)12-22-7-6-21-19(23)17(22)14-4-2-1-3-5-14/h1-5,10-11,17H,6-9,12H2,(H,21,23). The highest BCUT2D eigenvalue weighted by Crippen LogP contribution is 2.39. The van der Waals surface area contributed by atoms with Gasteiger partial charge in [-0.1, -0.05) is 41.9 Å². The third-order valence-electron chi connectivity index (χ3n) is 4.47. The molecule has 0 aliphatic carbocycles. The summed E-state index contributed by atoms with van der Waals surface area (Å²) in [7, 11) is 0. The molecule has 2 heterocycles. The van der Waals surface area contributed by atoms with Crippen molar-refractivity contribution in [1.29, 1.82) is 0 Å². The second kappa shape index (κ2) is 6.94. The maximum absolute atomic E-state index is 12.5. The first-order valence-electron chi connectivity index (χ1n) is 8.37. The monoisotopic (exact) mass is 358 g/mol. The average Bonchev–Trinajstić information content (AvgIpc) is 2.63. The Kier molecular flexibility index (Phi) is 4.51. The third-order valence-corrected chi connectivity index (χ3v) is 4.75. The van der Waals surface area contributed by atoms with Crippen LogP contribution in [0.1, 0.15) is 17.2 Å². The number of fused-ring (bicyclic) bond motifs is 1. The van der Waals surface area contributed by atoms with E-state index in [0.29, 0.717) is 42.8 Å². The van der Waals surface area contributed by atoms with Gasteiger partial charge in [-0.15, -0.1) is 0 Å². The van der Waals surface area contributed by atoms with E-state index in [0.717, 1.165) is 17.7 Å². The normalized spacial score (nSPS) is 20.2. The molecule has 1 fully saturated rings. The van der Waals surface area contributed by atoms with Crippen LogP contribution in [0.15, 0.2) is 42.5 Å². The second-order valence-corrected chi connectivity index (χ2v) is 6.58. The molecule has 0 aromatic heterocycles. The number of carbonyl (C=O) groups is 1. The quantitative estimate of drug-likeness (QED) is 0.916. The van der Waals surface area contributed by atoms with Crippen LogP contribution in [0.2, 0.25) is 5.02 Å². The average molecular weight is 359 g/mol. The summed E-state index contributed by atoms with van der Waals surface area (Å²) in [5.74, 6) is 1.31. The van der Waals surface area contributed by atoms with Crippen LogP contribution in [0.3, 0.4) is 0 Å². The van der Waals surface area contributed by atoms with Gasteiger partial charge in [0.25, 0.3) is 0 Å². The summed E-state index contributed by atoms with van der Waals surface area (Å²) in [6, 6.07) is 13.4. The molecule has 0 radical (unpaired) electrons. The van der Waals surface area contributed by atoms with Crippen molar-refractivity contribution in [2.24, 2.45) is 0 Å². The first kappa shape index (κ1) is 16.2. The van der Waals surface area contributed by atoms with Gasteiger partial charge in [-0.3, -0.25) is 9.69 Å². The topological polar surface area (TPSA) is 50.8 Å². The Bertz CT molecular complexity index is 782. The summed E-state index contributed by atoms with van der Waals surface area (Å²) < 4.78 is 11.2. The van der Waals surface area contributed by atoms with Gasteiger partial charge in [0, 0.05) is 19.6 Å². The molecule has 130 valence electrons. The van der Waals surface area contributed by atoms with Crippen LogP contribution in [-0.4, -0.2) is 37.1 Å². The van der Waals surface area contributed by atoms with Gasteiger partial charge in [0.2, 0.25) is 5.91 Å². The molecule has 2 aromatic carbocycles. The van der Waals surface area contributed by atoms with Crippen molar-refractivity contribution in [3.63, 3.8) is 0 Å². The Morgan fingerprint density at radius 2 is 1.96 bits per heavy atom. The van der Waals surface area contributed by atoms with E-state index in [1.54, 1.807) is 0 Å². The van der Waals surface area contributed by atoms with Gasteiger partial charge in [0.05, 0.1) is 5.02 Å². The number of amides is 1. The lowest BCUT2D eigenvalue weighted by Crippen LogP contribution is -2.49. The smallest absolute Gasteiger partial charge is 0.242 e. The fraction of sp³-hybridized carbons (Fsp3) is 0.316. The molecule has 4 rings (SSSR count). The Labute approximate surface area is 151 Å². The van der Waals surface area contributed by atoms with Crippen molar-refractivity contribution >= 4 is 17.5 Å². The number of halogens is 1. The van der Waals surface area contributed by atoms with Gasteiger partial charge in [-0.25, -0.2) is 0 Å². The van der Waals surface area contributed by atoms with Crippen molar-refractivity contribution in [1.82, 2.24) is 10.2 Å². The summed E-state index contributed by atoms with van der Waals surface area (Å²) in [4.78, 5) is 14.6. The summed E-state index contributed by atoms with van der Waals surface area (Å²) in [5, 5.41) is 3.50. The molecule has 2 aromatic rings.